The van der Waals surface area contributed by atoms with Crippen LogP contribution < -0.4 is 10.6 Å². The Morgan fingerprint density at radius 1 is 1.07 bits per heavy atom. The van der Waals surface area contributed by atoms with Gasteiger partial charge >= 0.3 is 0 Å². The zero-order valence-corrected chi connectivity index (χ0v) is 18.1. The molecule has 0 aliphatic heterocycles. The number of aliphatic imine (C=N–C) groups is 1. The number of rotatable bonds is 5. The molecule has 0 bridgehead atoms. The van der Waals surface area contributed by atoms with Crippen molar-refractivity contribution in [1.82, 2.24) is 10.2 Å². The first-order valence-electron chi connectivity index (χ1n) is 8.22. The molecule has 9 heteroatoms. The molecule has 0 aliphatic carbocycles. The van der Waals surface area contributed by atoms with Gasteiger partial charge in [0.15, 0.2) is 23.4 Å². The highest BCUT2D eigenvalue weighted by Crippen LogP contribution is 2.19. The average Bonchev–Trinajstić information content (AvgIpc) is 2.64. The molecule has 0 aromatic heterocycles. The number of anilines is 1. The highest BCUT2D eigenvalue weighted by atomic mass is 127. The fourth-order valence-electron chi connectivity index (χ4n) is 2.40. The van der Waals surface area contributed by atoms with Crippen LogP contribution in [0.5, 0.6) is 0 Å². The molecule has 5 nitrogen and oxygen atoms in total. The molecule has 0 spiro atoms. The number of hydrogen-bond donors (Lipinski definition) is 2. The van der Waals surface area contributed by atoms with Gasteiger partial charge in [0.1, 0.15) is 0 Å². The SMILES string of the molecule is CN=C(NCC(=O)Nc1ccc(F)c(F)c1F)N(C)Cc1ccc(C)cc1.I. The van der Waals surface area contributed by atoms with Crippen LogP contribution in [0.3, 0.4) is 0 Å². The Labute approximate surface area is 179 Å². The summed E-state index contributed by atoms with van der Waals surface area (Å²) in [6.07, 6.45) is 0. The Morgan fingerprint density at radius 2 is 1.71 bits per heavy atom. The van der Waals surface area contributed by atoms with Crippen LogP contribution in [-0.4, -0.2) is 37.4 Å². The van der Waals surface area contributed by atoms with E-state index in [1.807, 2.05) is 43.1 Å². The molecule has 2 aromatic rings. The van der Waals surface area contributed by atoms with Crippen LogP contribution in [-0.2, 0) is 11.3 Å². The van der Waals surface area contributed by atoms with Crippen molar-refractivity contribution < 1.29 is 18.0 Å². The summed E-state index contributed by atoms with van der Waals surface area (Å²) in [4.78, 5) is 17.9. The summed E-state index contributed by atoms with van der Waals surface area (Å²) in [5.41, 5.74) is 1.80. The van der Waals surface area contributed by atoms with Crippen molar-refractivity contribution in [3.05, 3.63) is 65.0 Å². The summed E-state index contributed by atoms with van der Waals surface area (Å²) >= 11 is 0. The number of amides is 1. The van der Waals surface area contributed by atoms with Crippen LogP contribution in [0.2, 0.25) is 0 Å². The normalized spacial score (nSPS) is 10.9. The summed E-state index contributed by atoms with van der Waals surface area (Å²) in [5, 5.41) is 5.04. The van der Waals surface area contributed by atoms with Crippen molar-refractivity contribution in [1.29, 1.82) is 0 Å². The van der Waals surface area contributed by atoms with Gasteiger partial charge in [-0.05, 0) is 24.6 Å². The average molecular weight is 506 g/mol. The van der Waals surface area contributed by atoms with E-state index in [4.69, 9.17) is 0 Å². The molecule has 0 fully saturated rings. The van der Waals surface area contributed by atoms with Gasteiger partial charge in [-0.15, -0.1) is 24.0 Å². The zero-order chi connectivity index (χ0) is 20.0. The number of nitrogens with zero attached hydrogens (tertiary/aromatic N) is 2. The maximum atomic E-state index is 13.6. The minimum atomic E-state index is -1.63. The number of aryl methyl sites for hydroxylation is 1. The molecule has 152 valence electrons. The lowest BCUT2D eigenvalue weighted by Gasteiger charge is -2.22. The smallest absolute Gasteiger partial charge is 0.243 e. The van der Waals surface area contributed by atoms with Crippen molar-refractivity contribution in [2.45, 2.75) is 13.5 Å². The lowest BCUT2D eigenvalue weighted by molar-refractivity contribution is -0.115. The molecule has 0 atom stereocenters. The zero-order valence-electron chi connectivity index (χ0n) is 15.7. The van der Waals surface area contributed by atoms with E-state index in [0.717, 1.165) is 23.3 Å². The first-order chi connectivity index (χ1) is 12.8. The molecular formula is C19H22F3IN4O. The number of carbonyl (C=O) groups is 1. The van der Waals surface area contributed by atoms with Crippen LogP contribution in [0, 0.1) is 24.4 Å². The van der Waals surface area contributed by atoms with E-state index in [1.165, 1.54) is 0 Å². The highest BCUT2D eigenvalue weighted by molar-refractivity contribution is 14.0. The Morgan fingerprint density at radius 3 is 2.32 bits per heavy atom. The molecule has 0 unspecified atom stereocenters. The fourth-order valence-corrected chi connectivity index (χ4v) is 2.40. The third-order valence-electron chi connectivity index (χ3n) is 3.83. The van der Waals surface area contributed by atoms with E-state index in [1.54, 1.807) is 7.05 Å². The van der Waals surface area contributed by atoms with E-state index in [2.05, 4.69) is 15.6 Å². The largest absolute Gasteiger partial charge is 0.347 e. The summed E-state index contributed by atoms with van der Waals surface area (Å²) in [6, 6.07) is 9.71. The van der Waals surface area contributed by atoms with Gasteiger partial charge in [-0.3, -0.25) is 9.79 Å². The summed E-state index contributed by atoms with van der Waals surface area (Å²) < 4.78 is 39.7. The van der Waals surface area contributed by atoms with Gasteiger partial charge in [0.05, 0.1) is 12.2 Å². The van der Waals surface area contributed by atoms with Gasteiger partial charge in [0.25, 0.3) is 0 Å². The van der Waals surface area contributed by atoms with E-state index in [-0.39, 0.29) is 30.5 Å². The molecular weight excluding hydrogens is 484 g/mol. The lowest BCUT2D eigenvalue weighted by Crippen LogP contribution is -2.42. The Kier molecular flexibility index (Phi) is 9.23. The minimum absolute atomic E-state index is 0. The number of benzene rings is 2. The van der Waals surface area contributed by atoms with Crippen molar-refractivity contribution in [2.24, 2.45) is 4.99 Å². The van der Waals surface area contributed by atoms with Crippen LogP contribution in [0.4, 0.5) is 18.9 Å². The van der Waals surface area contributed by atoms with Gasteiger partial charge in [-0.2, -0.15) is 0 Å². The first kappa shape index (κ1) is 23.7. The second-order valence-electron chi connectivity index (χ2n) is 6.01. The summed E-state index contributed by atoms with van der Waals surface area (Å²) in [5.74, 6) is -4.55. The van der Waals surface area contributed by atoms with Crippen LogP contribution in [0.1, 0.15) is 11.1 Å². The van der Waals surface area contributed by atoms with E-state index in [9.17, 15) is 18.0 Å². The quantitative estimate of drug-likeness (QED) is 0.282. The highest BCUT2D eigenvalue weighted by Gasteiger charge is 2.15. The van der Waals surface area contributed by atoms with Gasteiger partial charge in [-0.25, -0.2) is 13.2 Å². The Bertz CT molecular complexity index is 844. The number of carbonyl (C=O) groups excluding carboxylic acids is 1. The number of guanidine groups is 1. The van der Waals surface area contributed by atoms with Gasteiger partial charge in [0, 0.05) is 20.6 Å². The van der Waals surface area contributed by atoms with E-state index >= 15 is 0 Å². The predicted molar refractivity (Wildman–Crippen MR) is 114 cm³/mol. The first-order valence-corrected chi connectivity index (χ1v) is 8.22. The van der Waals surface area contributed by atoms with Gasteiger partial charge < -0.3 is 15.5 Å². The predicted octanol–water partition coefficient (Wildman–Crippen LogP) is 3.68. The molecule has 2 N–H and O–H groups in total. The monoisotopic (exact) mass is 506 g/mol. The molecule has 2 rings (SSSR count). The Balaban J connectivity index is 0.00000392. The molecule has 0 aliphatic rings. The molecule has 0 saturated heterocycles. The molecule has 0 radical (unpaired) electrons. The van der Waals surface area contributed by atoms with Crippen LogP contribution >= 0.6 is 24.0 Å². The summed E-state index contributed by atoms with van der Waals surface area (Å²) in [6.45, 7) is 2.35. The third-order valence-corrected chi connectivity index (χ3v) is 3.83. The standard InChI is InChI=1S/C19H21F3N4O.HI/c1-12-4-6-13(7-5-12)11-26(3)19(23-2)24-10-16(27)25-15-9-8-14(20)17(21)18(15)22;/h4-9H,10-11H2,1-3H3,(H,23,24)(H,25,27);1H. The molecule has 1 amide bonds. The number of halogens is 4. The van der Waals surface area contributed by atoms with Crippen molar-refractivity contribution in [3.8, 4) is 0 Å². The van der Waals surface area contributed by atoms with Gasteiger partial charge in [-0.1, -0.05) is 29.8 Å². The molecule has 28 heavy (non-hydrogen) atoms. The molecule has 0 heterocycles. The fraction of sp³-hybridized carbons (Fsp3) is 0.263. The van der Waals surface area contributed by atoms with Crippen molar-refractivity contribution in [3.63, 3.8) is 0 Å². The third kappa shape index (κ3) is 6.39. The molecule has 0 saturated carbocycles. The maximum absolute atomic E-state index is 13.6. The van der Waals surface area contributed by atoms with Crippen molar-refractivity contribution in [2.75, 3.05) is 26.0 Å². The van der Waals surface area contributed by atoms with Crippen LogP contribution in [0.15, 0.2) is 41.4 Å². The summed E-state index contributed by atoms with van der Waals surface area (Å²) in [7, 11) is 3.38. The Hall–Kier alpha value is -2.30. The van der Waals surface area contributed by atoms with Crippen molar-refractivity contribution >= 4 is 41.5 Å². The number of nitrogens with one attached hydrogen (secondary N) is 2. The second kappa shape index (κ2) is 10.9. The maximum Gasteiger partial charge on any atom is 0.243 e. The molecule has 2 aromatic carbocycles. The number of hydrogen-bond acceptors (Lipinski definition) is 2. The minimum Gasteiger partial charge on any atom is -0.347 e. The van der Waals surface area contributed by atoms with Crippen LogP contribution in [0.25, 0.3) is 0 Å². The van der Waals surface area contributed by atoms with E-state index in [0.29, 0.717) is 12.5 Å². The van der Waals surface area contributed by atoms with E-state index < -0.39 is 29.0 Å². The second-order valence-corrected chi connectivity index (χ2v) is 6.01. The topological polar surface area (TPSA) is 56.7 Å². The lowest BCUT2D eigenvalue weighted by atomic mass is 10.1. The van der Waals surface area contributed by atoms with Gasteiger partial charge in [0.2, 0.25) is 5.91 Å².